The lowest BCUT2D eigenvalue weighted by atomic mass is 10.0. The van der Waals surface area contributed by atoms with Crippen LogP contribution in [-0.2, 0) is 0 Å². The number of aromatic nitrogens is 4. The number of aromatic amines is 1. The first-order chi connectivity index (χ1) is 9.61. The molecule has 3 heterocycles. The molecule has 1 N–H and O–H groups in total. The normalized spacial score (nSPS) is 18.5. The van der Waals surface area contributed by atoms with E-state index < -0.39 is 0 Å². The van der Waals surface area contributed by atoms with Gasteiger partial charge in [0.15, 0.2) is 0 Å². The van der Waals surface area contributed by atoms with Crippen molar-refractivity contribution in [1.29, 1.82) is 0 Å². The molecular weight excluding hydrogens is 254 g/mol. The third-order valence-corrected chi connectivity index (χ3v) is 3.60. The Labute approximate surface area is 116 Å². The number of nitrogens with zero attached hydrogens (tertiary/aromatic N) is 4. The average Bonchev–Trinajstić information content (AvgIpc) is 2.87. The molecule has 6 heteroatoms. The molecule has 3 rings (SSSR count). The standard InChI is InChI=1S/C14H17N5O/c1-9-5-13(16-8-15-9)19-4-3-11(7-19)12-6-14(20)18-10(2)17-12/h5-6,8,11H,3-4,7H2,1-2H3,(H,17,18,20). The summed E-state index contributed by atoms with van der Waals surface area (Å²) in [7, 11) is 0. The van der Waals surface area contributed by atoms with Crippen molar-refractivity contribution in [2.75, 3.05) is 18.0 Å². The van der Waals surface area contributed by atoms with E-state index in [1.807, 2.05) is 19.9 Å². The first kappa shape index (κ1) is 12.8. The van der Waals surface area contributed by atoms with Gasteiger partial charge in [-0.1, -0.05) is 0 Å². The van der Waals surface area contributed by atoms with Gasteiger partial charge >= 0.3 is 0 Å². The highest BCUT2D eigenvalue weighted by Gasteiger charge is 2.26. The molecule has 2 aromatic heterocycles. The van der Waals surface area contributed by atoms with E-state index in [1.54, 1.807) is 12.4 Å². The SMILES string of the molecule is Cc1cc(N2CCC(c3cc(=O)[nH]c(C)n3)C2)ncn1. The van der Waals surface area contributed by atoms with Crippen LogP contribution >= 0.6 is 0 Å². The van der Waals surface area contributed by atoms with Gasteiger partial charge < -0.3 is 9.88 Å². The van der Waals surface area contributed by atoms with Gasteiger partial charge in [-0.05, 0) is 20.3 Å². The highest BCUT2D eigenvalue weighted by Crippen LogP contribution is 2.28. The van der Waals surface area contributed by atoms with Crippen LogP contribution in [0.4, 0.5) is 5.82 Å². The summed E-state index contributed by atoms with van der Waals surface area (Å²) in [5.41, 5.74) is 1.76. The van der Waals surface area contributed by atoms with Crippen molar-refractivity contribution in [1.82, 2.24) is 19.9 Å². The summed E-state index contributed by atoms with van der Waals surface area (Å²) in [6.07, 6.45) is 2.58. The molecule has 0 spiro atoms. The van der Waals surface area contributed by atoms with Crippen molar-refractivity contribution in [3.8, 4) is 0 Å². The predicted octanol–water partition coefficient (Wildman–Crippen LogP) is 1.17. The summed E-state index contributed by atoms with van der Waals surface area (Å²) >= 11 is 0. The van der Waals surface area contributed by atoms with Crippen LogP contribution < -0.4 is 10.5 Å². The molecule has 1 aliphatic heterocycles. The summed E-state index contributed by atoms with van der Waals surface area (Å²) in [5.74, 6) is 1.90. The molecule has 1 atom stereocenters. The van der Waals surface area contributed by atoms with Crippen molar-refractivity contribution >= 4 is 5.82 Å². The van der Waals surface area contributed by atoms with E-state index in [0.717, 1.165) is 36.7 Å². The van der Waals surface area contributed by atoms with Crippen molar-refractivity contribution in [2.24, 2.45) is 0 Å². The number of hydrogen-bond donors (Lipinski definition) is 1. The smallest absolute Gasteiger partial charge is 0.251 e. The molecule has 0 aliphatic carbocycles. The topological polar surface area (TPSA) is 74.8 Å². The van der Waals surface area contributed by atoms with Gasteiger partial charge in [-0.2, -0.15) is 0 Å². The fraction of sp³-hybridized carbons (Fsp3) is 0.429. The van der Waals surface area contributed by atoms with Gasteiger partial charge in [0.25, 0.3) is 5.56 Å². The average molecular weight is 271 g/mol. The third-order valence-electron chi connectivity index (χ3n) is 3.60. The lowest BCUT2D eigenvalue weighted by molar-refractivity contribution is 0.728. The largest absolute Gasteiger partial charge is 0.356 e. The Bertz CT molecular complexity index is 681. The van der Waals surface area contributed by atoms with Crippen LogP contribution in [0.1, 0.15) is 29.6 Å². The van der Waals surface area contributed by atoms with E-state index in [1.165, 1.54) is 0 Å². The number of rotatable bonds is 2. The Morgan fingerprint density at radius 1 is 1.30 bits per heavy atom. The Kier molecular flexibility index (Phi) is 3.22. The molecule has 1 unspecified atom stereocenters. The number of anilines is 1. The second-order valence-corrected chi connectivity index (χ2v) is 5.20. The highest BCUT2D eigenvalue weighted by molar-refractivity contribution is 5.41. The van der Waals surface area contributed by atoms with Crippen molar-refractivity contribution in [3.05, 3.63) is 46.0 Å². The van der Waals surface area contributed by atoms with Gasteiger partial charge in [0, 0.05) is 36.8 Å². The van der Waals surface area contributed by atoms with E-state index in [0.29, 0.717) is 5.82 Å². The summed E-state index contributed by atoms with van der Waals surface area (Å²) < 4.78 is 0. The number of aryl methyl sites for hydroxylation is 2. The van der Waals surface area contributed by atoms with Crippen LogP contribution in [0.3, 0.4) is 0 Å². The Balaban J connectivity index is 1.81. The molecule has 6 nitrogen and oxygen atoms in total. The van der Waals surface area contributed by atoms with Crippen LogP contribution in [-0.4, -0.2) is 33.0 Å². The van der Waals surface area contributed by atoms with Gasteiger partial charge in [-0.15, -0.1) is 0 Å². The lowest BCUT2D eigenvalue weighted by Crippen LogP contribution is -2.21. The Hall–Kier alpha value is -2.24. The van der Waals surface area contributed by atoms with Gasteiger partial charge in [-0.3, -0.25) is 4.79 Å². The zero-order chi connectivity index (χ0) is 14.1. The fourth-order valence-corrected chi connectivity index (χ4v) is 2.63. The Morgan fingerprint density at radius 3 is 2.90 bits per heavy atom. The van der Waals surface area contributed by atoms with Crippen LogP contribution in [0.2, 0.25) is 0 Å². The summed E-state index contributed by atoms with van der Waals surface area (Å²) in [4.78, 5) is 29.3. The van der Waals surface area contributed by atoms with Crippen LogP contribution in [0.5, 0.6) is 0 Å². The molecule has 0 aromatic carbocycles. The van der Waals surface area contributed by atoms with Crippen LogP contribution in [0, 0.1) is 13.8 Å². The lowest BCUT2D eigenvalue weighted by Gasteiger charge is -2.17. The maximum Gasteiger partial charge on any atom is 0.251 e. The van der Waals surface area contributed by atoms with E-state index in [9.17, 15) is 4.79 Å². The maximum atomic E-state index is 11.5. The van der Waals surface area contributed by atoms with E-state index in [4.69, 9.17) is 0 Å². The second-order valence-electron chi connectivity index (χ2n) is 5.20. The zero-order valence-corrected chi connectivity index (χ0v) is 11.6. The number of hydrogen-bond acceptors (Lipinski definition) is 5. The number of H-pyrrole nitrogens is 1. The van der Waals surface area contributed by atoms with Crippen molar-refractivity contribution in [3.63, 3.8) is 0 Å². The summed E-state index contributed by atoms with van der Waals surface area (Å²) in [6.45, 7) is 5.53. The van der Waals surface area contributed by atoms with Gasteiger partial charge in [0.1, 0.15) is 18.0 Å². The minimum absolute atomic E-state index is 0.0798. The van der Waals surface area contributed by atoms with Crippen molar-refractivity contribution in [2.45, 2.75) is 26.2 Å². The number of nitrogens with one attached hydrogen (secondary N) is 1. The molecular formula is C14H17N5O. The predicted molar refractivity (Wildman–Crippen MR) is 75.9 cm³/mol. The molecule has 1 saturated heterocycles. The third kappa shape index (κ3) is 2.54. The molecule has 104 valence electrons. The molecule has 0 amide bonds. The van der Waals surface area contributed by atoms with Gasteiger partial charge in [0.05, 0.1) is 5.69 Å². The minimum atomic E-state index is -0.0798. The maximum absolute atomic E-state index is 11.5. The minimum Gasteiger partial charge on any atom is -0.356 e. The molecule has 0 radical (unpaired) electrons. The van der Waals surface area contributed by atoms with Crippen LogP contribution in [0.15, 0.2) is 23.3 Å². The van der Waals surface area contributed by atoms with E-state index in [-0.39, 0.29) is 11.5 Å². The molecule has 20 heavy (non-hydrogen) atoms. The zero-order valence-electron chi connectivity index (χ0n) is 11.6. The molecule has 2 aromatic rings. The highest BCUT2D eigenvalue weighted by atomic mass is 16.1. The summed E-state index contributed by atoms with van der Waals surface area (Å²) in [6, 6.07) is 3.59. The van der Waals surface area contributed by atoms with Gasteiger partial charge in [-0.25, -0.2) is 15.0 Å². The molecule has 0 bridgehead atoms. The van der Waals surface area contributed by atoms with E-state index >= 15 is 0 Å². The monoisotopic (exact) mass is 271 g/mol. The first-order valence-electron chi connectivity index (χ1n) is 6.73. The first-order valence-corrected chi connectivity index (χ1v) is 6.73. The van der Waals surface area contributed by atoms with Gasteiger partial charge in [0.2, 0.25) is 0 Å². The van der Waals surface area contributed by atoms with Crippen molar-refractivity contribution < 1.29 is 0 Å². The Morgan fingerprint density at radius 2 is 2.15 bits per heavy atom. The second kappa shape index (κ2) is 5.03. The molecule has 0 saturated carbocycles. The van der Waals surface area contributed by atoms with E-state index in [2.05, 4.69) is 24.8 Å². The fourth-order valence-electron chi connectivity index (χ4n) is 2.63. The summed E-state index contributed by atoms with van der Waals surface area (Å²) in [5, 5.41) is 0. The van der Waals surface area contributed by atoms with Crippen LogP contribution in [0.25, 0.3) is 0 Å². The molecule has 1 fully saturated rings. The quantitative estimate of drug-likeness (QED) is 0.887. The molecule has 1 aliphatic rings.